The van der Waals surface area contributed by atoms with Crippen LogP contribution in [0.25, 0.3) is 11.0 Å². The molecule has 0 radical (unpaired) electrons. The molecule has 5 rings (SSSR count). The van der Waals surface area contributed by atoms with E-state index in [1.807, 2.05) is 4.90 Å². The predicted molar refractivity (Wildman–Crippen MR) is 206 cm³/mol. The van der Waals surface area contributed by atoms with Crippen molar-refractivity contribution in [2.24, 2.45) is 10.9 Å². The zero-order valence-corrected chi connectivity index (χ0v) is 33.0. The van der Waals surface area contributed by atoms with Crippen molar-refractivity contribution >= 4 is 69.9 Å². The van der Waals surface area contributed by atoms with E-state index in [0.717, 1.165) is 13.0 Å². The number of benzene rings is 1. The molecule has 2 aliphatic rings. The van der Waals surface area contributed by atoms with Gasteiger partial charge in [0, 0.05) is 36.5 Å². The Bertz CT molecular complexity index is 1940. The van der Waals surface area contributed by atoms with Gasteiger partial charge in [0.1, 0.15) is 47.3 Å². The topological polar surface area (TPSA) is 212 Å². The number of carbonyl (C=O) groups is 5. The van der Waals surface area contributed by atoms with Crippen molar-refractivity contribution in [3.8, 4) is 5.75 Å². The van der Waals surface area contributed by atoms with Gasteiger partial charge in [-0.1, -0.05) is 11.6 Å². The summed E-state index contributed by atoms with van der Waals surface area (Å²) in [4.78, 5) is 79.4. The van der Waals surface area contributed by atoms with Crippen LogP contribution in [-0.4, -0.2) is 82.8 Å². The average molecular weight is 798 g/mol. The largest absolute Gasteiger partial charge is 0.491 e. The zero-order chi connectivity index (χ0) is 40.6. The number of anilines is 2. The number of furan rings is 1. The molecule has 1 aliphatic carbocycles. The Kier molecular flexibility index (Phi) is 13.4. The van der Waals surface area contributed by atoms with Crippen molar-refractivity contribution < 1.29 is 47.4 Å². The van der Waals surface area contributed by atoms with Crippen molar-refractivity contribution in [1.29, 1.82) is 0 Å². The lowest BCUT2D eigenvalue weighted by molar-refractivity contribution is -0.130. The van der Waals surface area contributed by atoms with Gasteiger partial charge in [0.25, 0.3) is 5.91 Å². The normalized spacial score (nSPS) is 17.7. The first-order valence-electron chi connectivity index (χ1n) is 18.4. The standard InChI is InChI=1S/C38H48ClN7O10/c1-37(2,3)55-35(50)43-34(44-36(51)56-38(4,5)6)45-53-19-18-52-25-14-15-27-26(20-25)30(31(54-27)33(49)41-28-16-11-23(39)21-40-28)42-32(48)22-9-12-24(13-10-22)46-17-7-8-29(46)47/h11,14-16,20-22,24H,7-10,12-13,17-19H2,1-6H3,(H,42,48)(H,40,41,49)(H2,43,44,45,50,51)/t22-,24-. The van der Waals surface area contributed by atoms with Gasteiger partial charge in [-0.3, -0.25) is 24.5 Å². The van der Waals surface area contributed by atoms with Crippen molar-refractivity contribution in [3.05, 3.63) is 47.3 Å². The third kappa shape index (κ3) is 12.0. The van der Waals surface area contributed by atoms with Gasteiger partial charge in [-0.2, -0.15) is 0 Å². The van der Waals surface area contributed by atoms with Crippen LogP contribution < -0.4 is 26.2 Å². The Morgan fingerprint density at radius 2 is 1.70 bits per heavy atom. The van der Waals surface area contributed by atoms with E-state index < -0.39 is 29.3 Å². The monoisotopic (exact) mass is 797 g/mol. The summed E-state index contributed by atoms with van der Waals surface area (Å²) in [5, 5.41) is 8.75. The van der Waals surface area contributed by atoms with E-state index in [1.54, 1.807) is 65.8 Å². The van der Waals surface area contributed by atoms with E-state index in [2.05, 4.69) is 31.4 Å². The summed E-state index contributed by atoms with van der Waals surface area (Å²) in [6, 6.07) is 8.08. The Morgan fingerprint density at radius 3 is 2.34 bits per heavy atom. The second kappa shape index (κ2) is 18.0. The van der Waals surface area contributed by atoms with Crippen molar-refractivity contribution in [3.63, 3.8) is 0 Å². The van der Waals surface area contributed by atoms with Gasteiger partial charge < -0.3 is 34.2 Å². The van der Waals surface area contributed by atoms with Gasteiger partial charge in [-0.15, -0.1) is 4.99 Å². The first-order valence-corrected chi connectivity index (χ1v) is 18.7. The number of nitrogens with zero attached hydrogens (tertiary/aromatic N) is 3. The summed E-state index contributed by atoms with van der Waals surface area (Å²) in [5.74, 6) is -1.01. The molecule has 0 unspecified atom stereocenters. The SMILES string of the molecule is CC(C)(C)OC(=O)N=C(NOCCOc1ccc2oc(C(=O)Nc3ccc(Cl)cn3)c(NC(=O)[C@H]3CC[C@H](N4CCCC4=O)CC3)c2c1)NC(=O)OC(C)(C)C. The smallest absolute Gasteiger partial charge is 0.437 e. The lowest BCUT2D eigenvalue weighted by atomic mass is 9.84. The highest BCUT2D eigenvalue weighted by molar-refractivity contribution is 6.30. The first kappa shape index (κ1) is 41.7. The second-order valence-electron chi connectivity index (χ2n) is 15.3. The number of hydroxylamine groups is 1. The molecule has 0 spiro atoms. The number of alkyl carbamates (subject to hydrolysis) is 1. The molecule has 18 heteroatoms. The minimum Gasteiger partial charge on any atom is -0.491 e. The number of fused-ring (bicyclic) bond motifs is 1. The molecule has 3 heterocycles. The van der Waals surface area contributed by atoms with Gasteiger partial charge >= 0.3 is 12.2 Å². The molecule has 3 aromatic rings. The number of hydrogen-bond acceptors (Lipinski definition) is 11. The molecule has 1 aliphatic heterocycles. The summed E-state index contributed by atoms with van der Waals surface area (Å²) in [6.45, 7) is 10.7. The van der Waals surface area contributed by atoms with Gasteiger partial charge in [0.05, 0.1) is 5.02 Å². The fraction of sp³-hybridized carbons (Fsp3) is 0.500. The second-order valence-corrected chi connectivity index (χ2v) is 15.8. The van der Waals surface area contributed by atoms with Crippen molar-refractivity contribution in [2.45, 2.75) is 97.3 Å². The summed E-state index contributed by atoms with van der Waals surface area (Å²) in [6.07, 6.45) is 3.56. The van der Waals surface area contributed by atoms with Gasteiger partial charge in [-0.05, 0) is 104 Å². The van der Waals surface area contributed by atoms with Crippen molar-refractivity contribution in [2.75, 3.05) is 30.4 Å². The maximum absolute atomic E-state index is 13.7. The van der Waals surface area contributed by atoms with E-state index in [-0.39, 0.29) is 60.2 Å². The molecule has 1 aromatic carbocycles. The third-order valence-electron chi connectivity index (χ3n) is 8.54. The minimum atomic E-state index is -0.976. The van der Waals surface area contributed by atoms with Crippen LogP contribution in [-0.2, 0) is 23.9 Å². The van der Waals surface area contributed by atoms with Crippen LogP contribution in [0, 0.1) is 5.92 Å². The molecule has 1 saturated heterocycles. The molecule has 1 saturated carbocycles. The summed E-state index contributed by atoms with van der Waals surface area (Å²) in [7, 11) is 0. The molecule has 56 heavy (non-hydrogen) atoms. The highest BCUT2D eigenvalue weighted by Gasteiger charge is 2.34. The number of ether oxygens (including phenoxy) is 3. The van der Waals surface area contributed by atoms with Gasteiger partial charge in [0.15, 0.2) is 0 Å². The Hall–Kier alpha value is -5.42. The number of nitrogens with one attached hydrogen (secondary N) is 4. The van der Waals surface area contributed by atoms with E-state index in [9.17, 15) is 24.0 Å². The number of aromatic nitrogens is 1. The molecule has 2 aromatic heterocycles. The van der Waals surface area contributed by atoms with Crippen molar-refractivity contribution in [1.82, 2.24) is 20.7 Å². The number of amides is 5. The van der Waals surface area contributed by atoms with Crippen LogP contribution >= 0.6 is 11.6 Å². The number of rotatable bonds is 10. The number of pyridine rings is 1. The van der Waals surface area contributed by atoms with E-state index in [4.69, 9.17) is 35.1 Å². The highest BCUT2D eigenvalue weighted by atomic mass is 35.5. The predicted octanol–water partition coefficient (Wildman–Crippen LogP) is 6.57. The maximum Gasteiger partial charge on any atom is 0.437 e. The molecule has 0 atom stereocenters. The lowest BCUT2D eigenvalue weighted by Gasteiger charge is -2.34. The average Bonchev–Trinajstić information content (AvgIpc) is 3.70. The number of likely N-dealkylation sites (tertiary alicyclic amines) is 1. The fourth-order valence-electron chi connectivity index (χ4n) is 6.18. The van der Waals surface area contributed by atoms with E-state index >= 15 is 0 Å². The van der Waals surface area contributed by atoms with Crippen LogP contribution in [0.15, 0.2) is 45.9 Å². The summed E-state index contributed by atoms with van der Waals surface area (Å²) < 4.78 is 22.3. The Balaban J connectivity index is 1.27. The lowest BCUT2D eigenvalue weighted by Crippen LogP contribution is -2.44. The molecular weight excluding hydrogens is 750 g/mol. The van der Waals surface area contributed by atoms with Gasteiger partial charge in [-0.25, -0.2) is 20.1 Å². The van der Waals surface area contributed by atoms with Crippen LogP contribution in [0.2, 0.25) is 5.02 Å². The fourth-order valence-corrected chi connectivity index (χ4v) is 6.29. The molecule has 2 fully saturated rings. The summed E-state index contributed by atoms with van der Waals surface area (Å²) in [5.41, 5.74) is 1.23. The van der Waals surface area contributed by atoms with E-state index in [1.165, 1.54) is 12.3 Å². The molecular formula is C38H48ClN7O10. The zero-order valence-electron chi connectivity index (χ0n) is 32.3. The van der Waals surface area contributed by atoms with Crippen LogP contribution in [0.5, 0.6) is 5.75 Å². The molecule has 4 N–H and O–H groups in total. The number of aliphatic imine (C=N–C) groups is 1. The molecule has 0 bridgehead atoms. The number of guanidine groups is 1. The molecule has 17 nitrogen and oxygen atoms in total. The van der Waals surface area contributed by atoms with Crippen LogP contribution in [0.4, 0.5) is 21.1 Å². The first-order chi connectivity index (χ1) is 26.4. The third-order valence-corrected chi connectivity index (χ3v) is 8.76. The highest BCUT2D eigenvalue weighted by Crippen LogP contribution is 2.36. The Morgan fingerprint density at radius 1 is 0.964 bits per heavy atom. The van der Waals surface area contributed by atoms with Gasteiger partial charge in [0.2, 0.25) is 23.5 Å². The quantitative estimate of drug-likeness (QED) is 0.0743. The summed E-state index contributed by atoms with van der Waals surface area (Å²) >= 11 is 5.96. The maximum atomic E-state index is 13.7. The number of hydrogen-bond donors (Lipinski definition) is 4. The van der Waals surface area contributed by atoms with Crippen LogP contribution in [0.1, 0.15) is 90.6 Å². The van der Waals surface area contributed by atoms with E-state index in [0.29, 0.717) is 53.8 Å². The van der Waals surface area contributed by atoms with Crippen LogP contribution in [0.3, 0.4) is 0 Å². The number of carbonyl (C=O) groups excluding carboxylic acids is 5. The molecule has 302 valence electrons. The molecule has 5 amide bonds. The minimum absolute atomic E-state index is 0.0253. The Labute approximate surface area is 329 Å². The number of halogens is 1.